The third kappa shape index (κ3) is 2.60. The van der Waals surface area contributed by atoms with Crippen LogP contribution in [0.1, 0.15) is 34.7 Å². The van der Waals surface area contributed by atoms with Crippen molar-refractivity contribution in [1.29, 1.82) is 0 Å². The molecule has 15 heavy (non-hydrogen) atoms. The van der Waals surface area contributed by atoms with Crippen LogP contribution in [-0.4, -0.2) is 20.3 Å². The van der Waals surface area contributed by atoms with Gasteiger partial charge in [-0.15, -0.1) is 11.3 Å². The molecular formula is C12H19NOS. The Bertz CT molecular complexity index is 300. The van der Waals surface area contributed by atoms with Crippen LogP contribution in [-0.2, 0) is 17.6 Å². The molecule has 84 valence electrons. The zero-order valence-corrected chi connectivity index (χ0v) is 10.3. The molecule has 1 aliphatic carbocycles. The summed E-state index contributed by atoms with van der Waals surface area (Å²) in [5, 5.41) is 3.47. The van der Waals surface area contributed by atoms with Gasteiger partial charge in [0.25, 0.3) is 0 Å². The molecule has 1 aromatic heterocycles. The Balaban J connectivity index is 1.91. The fourth-order valence-corrected chi connectivity index (χ4v) is 3.33. The van der Waals surface area contributed by atoms with E-state index in [0.717, 1.165) is 13.2 Å². The molecule has 0 aliphatic heterocycles. The maximum Gasteiger partial charge on any atom is 0.0587 e. The first-order valence-electron chi connectivity index (χ1n) is 5.65. The summed E-state index contributed by atoms with van der Waals surface area (Å²) >= 11 is 1.98. The third-order valence-corrected chi connectivity index (χ3v) is 4.37. The van der Waals surface area contributed by atoms with Crippen molar-refractivity contribution >= 4 is 11.3 Å². The number of ether oxygens (including phenoxy) is 1. The first-order valence-corrected chi connectivity index (χ1v) is 6.46. The van der Waals surface area contributed by atoms with Crippen LogP contribution >= 0.6 is 11.3 Å². The molecule has 1 aromatic rings. The van der Waals surface area contributed by atoms with Crippen molar-refractivity contribution in [3.8, 4) is 0 Å². The summed E-state index contributed by atoms with van der Waals surface area (Å²) < 4.78 is 5.03. The number of methoxy groups -OCH3 is 1. The Morgan fingerprint density at radius 3 is 3.13 bits per heavy atom. The standard InChI is InChI=1S/C12H19NOS/c1-9(13-6-7-14-2)12-8-10-4-3-5-11(10)15-12/h8-9,13H,3-7H2,1-2H3. The van der Waals surface area contributed by atoms with E-state index in [1.54, 1.807) is 17.6 Å². The minimum Gasteiger partial charge on any atom is -0.383 e. The quantitative estimate of drug-likeness (QED) is 0.778. The van der Waals surface area contributed by atoms with Crippen LogP contribution in [0.5, 0.6) is 0 Å². The molecule has 0 bridgehead atoms. The van der Waals surface area contributed by atoms with Gasteiger partial charge < -0.3 is 10.1 Å². The van der Waals surface area contributed by atoms with Gasteiger partial charge in [-0.05, 0) is 37.8 Å². The molecule has 3 heteroatoms. The lowest BCUT2D eigenvalue weighted by atomic mass is 10.2. The summed E-state index contributed by atoms with van der Waals surface area (Å²) in [5.74, 6) is 0. The zero-order valence-electron chi connectivity index (χ0n) is 9.51. The SMILES string of the molecule is COCCNC(C)c1cc2c(s1)CCC2. The van der Waals surface area contributed by atoms with E-state index in [0.29, 0.717) is 6.04 Å². The summed E-state index contributed by atoms with van der Waals surface area (Å²) in [6.45, 7) is 3.95. The van der Waals surface area contributed by atoms with Gasteiger partial charge in [-0.3, -0.25) is 0 Å². The molecule has 2 rings (SSSR count). The van der Waals surface area contributed by atoms with Gasteiger partial charge in [0.1, 0.15) is 0 Å². The Morgan fingerprint density at radius 1 is 1.53 bits per heavy atom. The number of fused-ring (bicyclic) bond motifs is 1. The first-order chi connectivity index (χ1) is 7.31. The molecule has 1 N–H and O–H groups in total. The van der Waals surface area contributed by atoms with Crippen LogP contribution in [0.4, 0.5) is 0 Å². The fraction of sp³-hybridized carbons (Fsp3) is 0.667. The molecule has 0 saturated carbocycles. The largest absolute Gasteiger partial charge is 0.383 e. The highest BCUT2D eigenvalue weighted by Gasteiger charge is 2.17. The highest BCUT2D eigenvalue weighted by atomic mass is 32.1. The van der Waals surface area contributed by atoms with E-state index in [2.05, 4.69) is 18.3 Å². The topological polar surface area (TPSA) is 21.3 Å². The van der Waals surface area contributed by atoms with Crippen molar-refractivity contribution in [3.63, 3.8) is 0 Å². The Hall–Kier alpha value is -0.380. The lowest BCUT2D eigenvalue weighted by Crippen LogP contribution is -2.22. The van der Waals surface area contributed by atoms with Crippen LogP contribution in [0.2, 0.25) is 0 Å². The van der Waals surface area contributed by atoms with Crippen molar-refractivity contribution in [2.24, 2.45) is 0 Å². The van der Waals surface area contributed by atoms with Crippen molar-refractivity contribution in [3.05, 3.63) is 21.4 Å². The molecule has 1 unspecified atom stereocenters. The fourth-order valence-electron chi connectivity index (χ4n) is 2.04. The third-order valence-electron chi connectivity index (χ3n) is 2.95. The second kappa shape index (κ2) is 5.10. The maximum atomic E-state index is 5.03. The van der Waals surface area contributed by atoms with E-state index >= 15 is 0 Å². The van der Waals surface area contributed by atoms with Crippen molar-refractivity contribution in [2.75, 3.05) is 20.3 Å². The van der Waals surface area contributed by atoms with E-state index in [1.165, 1.54) is 24.1 Å². The van der Waals surface area contributed by atoms with E-state index in [9.17, 15) is 0 Å². The average Bonchev–Trinajstić information content (AvgIpc) is 2.76. The van der Waals surface area contributed by atoms with Gasteiger partial charge in [0, 0.05) is 29.5 Å². The minimum absolute atomic E-state index is 0.468. The smallest absolute Gasteiger partial charge is 0.0587 e. The Kier molecular flexibility index (Phi) is 3.78. The van der Waals surface area contributed by atoms with Crippen molar-refractivity contribution < 1.29 is 4.74 Å². The van der Waals surface area contributed by atoms with Gasteiger partial charge in [0.15, 0.2) is 0 Å². The average molecular weight is 225 g/mol. The van der Waals surface area contributed by atoms with Crippen LogP contribution in [0.25, 0.3) is 0 Å². The number of nitrogens with one attached hydrogen (secondary N) is 1. The Labute approximate surface area is 95.6 Å². The molecular weight excluding hydrogens is 206 g/mol. The number of thiophene rings is 1. The summed E-state index contributed by atoms with van der Waals surface area (Å²) in [6.07, 6.45) is 3.94. The van der Waals surface area contributed by atoms with Crippen LogP contribution < -0.4 is 5.32 Å². The van der Waals surface area contributed by atoms with Gasteiger partial charge in [-0.2, -0.15) is 0 Å². The van der Waals surface area contributed by atoms with Crippen LogP contribution in [0.3, 0.4) is 0 Å². The summed E-state index contributed by atoms with van der Waals surface area (Å²) in [6, 6.07) is 2.85. The second-order valence-electron chi connectivity index (χ2n) is 4.12. The van der Waals surface area contributed by atoms with E-state index < -0.39 is 0 Å². The van der Waals surface area contributed by atoms with Gasteiger partial charge in [-0.25, -0.2) is 0 Å². The molecule has 0 fully saturated rings. The predicted molar refractivity (Wildman–Crippen MR) is 64.6 cm³/mol. The molecule has 0 spiro atoms. The minimum atomic E-state index is 0.468. The van der Waals surface area contributed by atoms with Crippen LogP contribution in [0.15, 0.2) is 6.07 Å². The molecule has 1 atom stereocenters. The van der Waals surface area contributed by atoms with Gasteiger partial charge in [0.2, 0.25) is 0 Å². The molecule has 0 radical (unpaired) electrons. The molecule has 1 heterocycles. The van der Waals surface area contributed by atoms with Gasteiger partial charge >= 0.3 is 0 Å². The highest BCUT2D eigenvalue weighted by molar-refractivity contribution is 7.12. The summed E-state index contributed by atoms with van der Waals surface area (Å²) in [4.78, 5) is 3.10. The number of hydrogen-bond acceptors (Lipinski definition) is 3. The zero-order chi connectivity index (χ0) is 10.7. The van der Waals surface area contributed by atoms with Crippen molar-refractivity contribution in [2.45, 2.75) is 32.2 Å². The van der Waals surface area contributed by atoms with E-state index in [-0.39, 0.29) is 0 Å². The van der Waals surface area contributed by atoms with Crippen molar-refractivity contribution in [1.82, 2.24) is 5.32 Å². The number of aryl methyl sites for hydroxylation is 2. The second-order valence-corrected chi connectivity index (χ2v) is 5.29. The highest BCUT2D eigenvalue weighted by Crippen LogP contribution is 2.33. The lowest BCUT2D eigenvalue weighted by Gasteiger charge is -2.11. The Morgan fingerprint density at radius 2 is 2.40 bits per heavy atom. The normalized spacial score (nSPS) is 16.7. The molecule has 2 nitrogen and oxygen atoms in total. The first kappa shape index (κ1) is 11.1. The van der Waals surface area contributed by atoms with E-state index in [1.807, 2.05) is 11.3 Å². The number of hydrogen-bond donors (Lipinski definition) is 1. The van der Waals surface area contributed by atoms with Gasteiger partial charge in [-0.1, -0.05) is 0 Å². The number of rotatable bonds is 5. The summed E-state index contributed by atoms with van der Waals surface area (Å²) in [5.41, 5.74) is 1.59. The maximum absolute atomic E-state index is 5.03. The van der Waals surface area contributed by atoms with E-state index in [4.69, 9.17) is 4.74 Å². The lowest BCUT2D eigenvalue weighted by molar-refractivity contribution is 0.196. The predicted octanol–water partition coefficient (Wildman–Crippen LogP) is 2.53. The summed E-state index contributed by atoms with van der Waals surface area (Å²) in [7, 11) is 1.74. The molecule has 0 amide bonds. The molecule has 1 aliphatic rings. The van der Waals surface area contributed by atoms with Gasteiger partial charge in [0.05, 0.1) is 6.61 Å². The molecule has 0 saturated heterocycles. The monoisotopic (exact) mass is 225 g/mol. The molecule has 0 aromatic carbocycles. The van der Waals surface area contributed by atoms with Crippen LogP contribution in [0, 0.1) is 0 Å².